The van der Waals surface area contributed by atoms with Gasteiger partial charge in [-0.2, -0.15) is 10.0 Å². The van der Waals surface area contributed by atoms with Crippen molar-refractivity contribution < 1.29 is 19.2 Å². The Hall–Kier alpha value is -3.28. The van der Waals surface area contributed by atoms with Crippen LogP contribution in [0.1, 0.15) is 46.9 Å². The highest BCUT2D eigenvalue weighted by Gasteiger charge is 2.63. The fourth-order valence-corrected chi connectivity index (χ4v) is 5.65. The van der Waals surface area contributed by atoms with E-state index in [0.717, 1.165) is 32.3 Å². The van der Waals surface area contributed by atoms with Gasteiger partial charge < -0.3 is 0 Å². The molecular weight excluding hydrogens is 356 g/mol. The van der Waals surface area contributed by atoms with Gasteiger partial charge in [-0.25, -0.2) is 0 Å². The van der Waals surface area contributed by atoms with Gasteiger partial charge in [-0.15, -0.1) is 0 Å². The third-order valence-corrected chi connectivity index (χ3v) is 6.65. The Labute approximate surface area is 160 Å². The minimum Gasteiger partial charge on any atom is -0.272 e. The summed E-state index contributed by atoms with van der Waals surface area (Å²) < 4.78 is 0. The zero-order valence-corrected chi connectivity index (χ0v) is 14.9. The highest BCUT2D eigenvalue weighted by Crippen LogP contribution is 2.61. The van der Waals surface area contributed by atoms with E-state index in [-0.39, 0.29) is 24.7 Å². The summed E-state index contributed by atoms with van der Waals surface area (Å²) in [6.45, 7) is 0. The topological polar surface area (TPSA) is 74.8 Å². The number of carbonyl (C=O) groups excluding carboxylic acids is 4. The van der Waals surface area contributed by atoms with Gasteiger partial charge in [-0.1, -0.05) is 48.5 Å². The smallest absolute Gasteiger partial charge is 0.253 e. The third kappa shape index (κ3) is 1.69. The van der Waals surface area contributed by atoms with Crippen molar-refractivity contribution in [2.75, 3.05) is 0 Å². The molecule has 2 aromatic carbocycles. The first-order valence-electron chi connectivity index (χ1n) is 9.50. The Bertz CT molecular complexity index is 976. The fraction of sp³-hybridized carbons (Fsp3) is 0.273. The molecule has 5 aliphatic rings. The first-order chi connectivity index (χ1) is 13.6. The van der Waals surface area contributed by atoms with Crippen LogP contribution in [-0.4, -0.2) is 33.6 Å². The van der Waals surface area contributed by atoms with Gasteiger partial charge in [0.25, 0.3) is 11.8 Å². The predicted octanol–water partition coefficient (Wildman–Crippen LogP) is 1.94. The van der Waals surface area contributed by atoms with Crippen LogP contribution < -0.4 is 0 Å². The van der Waals surface area contributed by atoms with E-state index in [2.05, 4.69) is 0 Å². The van der Waals surface area contributed by atoms with E-state index in [0.29, 0.717) is 0 Å². The van der Waals surface area contributed by atoms with Crippen molar-refractivity contribution in [3.63, 3.8) is 0 Å². The van der Waals surface area contributed by atoms with E-state index in [4.69, 9.17) is 0 Å². The average Bonchev–Trinajstić information content (AvgIpc) is 3.18. The molecule has 0 N–H and O–H groups in total. The maximum Gasteiger partial charge on any atom is 0.253 e. The number of amides is 4. The van der Waals surface area contributed by atoms with Gasteiger partial charge in [-0.3, -0.25) is 19.2 Å². The molecule has 138 valence electrons. The molecule has 7 rings (SSSR count). The van der Waals surface area contributed by atoms with Crippen molar-refractivity contribution in [3.05, 3.63) is 70.8 Å². The minimum absolute atomic E-state index is 0.0402. The number of benzene rings is 2. The molecular formula is C22H16N2O4. The van der Waals surface area contributed by atoms with Gasteiger partial charge in [-0.05, 0) is 22.3 Å². The average molecular weight is 372 g/mol. The fourth-order valence-electron chi connectivity index (χ4n) is 5.65. The van der Waals surface area contributed by atoms with E-state index in [9.17, 15) is 19.2 Å². The van der Waals surface area contributed by atoms with Gasteiger partial charge in [0.05, 0.1) is 11.8 Å². The summed E-state index contributed by atoms with van der Waals surface area (Å²) in [5.74, 6) is -3.46. The Morgan fingerprint density at radius 3 is 1.29 bits per heavy atom. The Kier molecular flexibility index (Phi) is 2.90. The lowest BCUT2D eigenvalue weighted by molar-refractivity contribution is -0.172. The van der Waals surface area contributed by atoms with Crippen LogP contribution in [0.25, 0.3) is 0 Å². The molecule has 2 fully saturated rings. The van der Waals surface area contributed by atoms with Crippen molar-refractivity contribution in [3.8, 4) is 0 Å². The zero-order chi connectivity index (χ0) is 19.2. The Balaban J connectivity index is 1.56. The molecule has 0 aromatic heterocycles. The van der Waals surface area contributed by atoms with Gasteiger partial charge in [0.1, 0.15) is 0 Å². The lowest BCUT2D eigenvalue weighted by Crippen LogP contribution is -2.49. The first kappa shape index (κ1) is 15.7. The van der Waals surface area contributed by atoms with E-state index in [1.807, 2.05) is 48.5 Å². The van der Waals surface area contributed by atoms with Crippen LogP contribution in [-0.2, 0) is 19.2 Å². The molecule has 0 unspecified atom stereocenters. The Morgan fingerprint density at radius 2 is 0.929 bits per heavy atom. The molecule has 2 bridgehead atoms. The van der Waals surface area contributed by atoms with Gasteiger partial charge in [0, 0.05) is 24.7 Å². The largest absolute Gasteiger partial charge is 0.272 e. The van der Waals surface area contributed by atoms with Crippen LogP contribution in [0.5, 0.6) is 0 Å². The Morgan fingerprint density at radius 1 is 0.571 bits per heavy atom. The molecule has 2 aromatic rings. The summed E-state index contributed by atoms with van der Waals surface area (Å²) in [5, 5.41) is 1.64. The molecule has 2 atom stereocenters. The van der Waals surface area contributed by atoms with E-state index in [1.54, 1.807) is 0 Å². The number of rotatable bonds is 1. The summed E-state index contributed by atoms with van der Waals surface area (Å²) in [5.41, 5.74) is 4.26. The molecule has 2 aliphatic heterocycles. The SMILES string of the molecule is O=C1CCC(=O)N1N1C(=O)[C@H]2C3c4ccccc4C(c4ccccc43)[C@@H]2C1=O. The van der Waals surface area contributed by atoms with Crippen molar-refractivity contribution in [2.24, 2.45) is 11.8 Å². The maximum absolute atomic E-state index is 13.4. The summed E-state index contributed by atoms with van der Waals surface area (Å²) in [4.78, 5) is 51.3. The van der Waals surface area contributed by atoms with Crippen molar-refractivity contribution in [2.45, 2.75) is 24.7 Å². The van der Waals surface area contributed by atoms with Gasteiger partial charge >= 0.3 is 0 Å². The molecule has 0 radical (unpaired) electrons. The second-order valence-corrected chi connectivity index (χ2v) is 7.85. The van der Waals surface area contributed by atoms with Crippen molar-refractivity contribution >= 4 is 23.6 Å². The number of hydrazine groups is 1. The standard InChI is InChI=1S/C22H16N2O4/c25-15-9-10-16(26)23(15)24-21(27)19-17-11-5-1-2-6-12(11)18(20(19)22(24)28)14-8-4-3-7-13(14)17/h1-8,17-20H,9-10H2/t17?,18?,19-,20-/m0/s1. The number of imide groups is 2. The quantitative estimate of drug-likeness (QED) is 0.717. The van der Waals surface area contributed by atoms with Gasteiger partial charge in [0.15, 0.2) is 0 Å². The summed E-state index contributed by atoms with van der Waals surface area (Å²) in [7, 11) is 0. The van der Waals surface area contributed by atoms with Crippen LogP contribution in [0.2, 0.25) is 0 Å². The number of carbonyl (C=O) groups is 4. The molecule has 0 spiro atoms. The van der Waals surface area contributed by atoms with E-state index in [1.165, 1.54) is 0 Å². The van der Waals surface area contributed by atoms with Crippen LogP contribution in [0, 0.1) is 11.8 Å². The minimum atomic E-state index is -0.580. The van der Waals surface area contributed by atoms with Crippen molar-refractivity contribution in [1.29, 1.82) is 0 Å². The zero-order valence-electron chi connectivity index (χ0n) is 14.9. The molecule has 3 aliphatic carbocycles. The lowest BCUT2D eigenvalue weighted by Gasteiger charge is -2.45. The highest BCUT2D eigenvalue weighted by molar-refractivity contribution is 6.13. The monoisotopic (exact) mass is 372 g/mol. The van der Waals surface area contributed by atoms with Crippen molar-refractivity contribution in [1.82, 2.24) is 10.0 Å². The highest BCUT2D eigenvalue weighted by atomic mass is 16.2. The lowest BCUT2D eigenvalue weighted by atomic mass is 9.55. The first-order valence-corrected chi connectivity index (χ1v) is 9.50. The molecule has 6 nitrogen and oxygen atoms in total. The molecule has 2 saturated heterocycles. The maximum atomic E-state index is 13.4. The molecule has 2 heterocycles. The van der Waals surface area contributed by atoms with Crippen LogP contribution in [0.4, 0.5) is 0 Å². The predicted molar refractivity (Wildman–Crippen MR) is 96.5 cm³/mol. The third-order valence-electron chi connectivity index (χ3n) is 6.65. The summed E-state index contributed by atoms with van der Waals surface area (Å²) in [6.07, 6.45) is 0.0804. The summed E-state index contributed by atoms with van der Waals surface area (Å²) in [6, 6.07) is 15.9. The molecule has 6 heteroatoms. The molecule has 0 saturated carbocycles. The van der Waals surface area contributed by atoms with Crippen LogP contribution in [0.3, 0.4) is 0 Å². The van der Waals surface area contributed by atoms with E-state index < -0.39 is 35.5 Å². The van der Waals surface area contributed by atoms with Crippen LogP contribution in [0.15, 0.2) is 48.5 Å². The summed E-state index contributed by atoms with van der Waals surface area (Å²) >= 11 is 0. The second-order valence-electron chi connectivity index (χ2n) is 7.85. The normalized spacial score (nSPS) is 30.0. The molecule has 28 heavy (non-hydrogen) atoms. The van der Waals surface area contributed by atoms with Crippen LogP contribution >= 0.6 is 0 Å². The molecule has 4 amide bonds. The number of hydrogen-bond acceptors (Lipinski definition) is 4. The van der Waals surface area contributed by atoms with Gasteiger partial charge in [0.2, 0.25) is 11.8 Å². The second kappa shape index (κ2) is 5.16. The van der Waals surface area contributed by atoms with E-state index >= 15 is 0 Å². The number of hydrogen-bond donors (Lipinski definition) is 0. The number of nitrogens with zero attached hydrogens (tertiary/aromatic N) is 2.